The van der Waals surface area contributed by atoms with Gasteiger partial charge in [0.25, 0.3) is 0 Å². The highest BCUT2D eigenvalue weighted by Gasteiger charge is 2.26. The van der Waals surface area contributed by atoms with E-state index in [0.29, 0.717) is 0 Å². The third kappa shape index (κ3) is 2.68. The Labute approximate surface area is 74.1 Å². The van der Waals surface area contributed by atoms with Crippen molar-refractivity contribution in [2.24, 2.45) is 23.5 Å². The molecule has 0 saturated carbocycles. The molecule has 0 amide bonds. The van der Waals surface area contributed by atoms with Crippen LogP contribution in [0, 0.1) is 17.8 Å². The molecule has 0 aromatic carbocycles. The molecule has 1 rings (SSSR count). The predicted molar refractivity (Wildman–Crippen MR) is 52.8 cm³/mol. The zero-order valence-electron chi connectivity index (χ0n) is 7.55. The molecule has 0 aromatic heterocycles. The van der Waals surface area contributed by atoms with Crippen molar-refractivity contribution in [3.63, 3.8) is 0 Å². The van der Waals surface area contributed by atoms with Gasteiger partial charge in [-0.25, -0.2) is 0 Å². The lowest BCUT2D eigenvalue weighted by Crippen LogP contribution is -2.22. The van der Waals surface area contributed by atoms with Crippen molar-refractivity contribution < 1.29 is 0 Å². The lowest BCUT2D eigenvalue weighted by atomic mass is 9.88. The maximum absolute atomic E-state index is 5.69. The molecule has 0 spiro atoms. The van der Waals surface area contributed by atoms with Gasteiger partial charge in [0.1, 0.15) is 0 Å². The van der Waals surface area contributed by atoms with E-state index in [1.807, 2.05) is 0 Å². The van der Waals surface area contributed by atoms with Crippen LogP contribution in [0.5, 0.6) is 0 Å². The van der Waals surface area contributed by atoms with Gasteiger partial charge in [-0.2, -0.15) is 11.8 Å². The van der Waals surface area contributed by atoms with E-state index in [1.54, 1.807) is 0 Å². The van der Waals surface area contributed by atoms with Crippen molar-refractivity contribution >= 4 is 11.8 Å². The van der Waals surface area contributed by atoms with Gasteiger partial charge in [0.05, 0.1) is 0 Å². The molecule has 1 fully saturated rings. The number of thioether (sulfide) groups is 1. The van der Waals surface area contributed by atoms with Crippen LogP contribution in [0.25, 0.3) is 0 Å². The van der Waals surface area contributed by atoms with Crippen molar-refractivity contribution in [1.29, 1.82) is 0 Å². The molecule has 2 atom stereocenters. The van der Waals surface area contributed by atoms with Gasteiger partial charge in [0.15, 0.2) is 0 Å². The van der Waals surface area contributed by atoms with E-state index in [4.69, 9.17) is 5.73 Å². The molecule has 2 unspecified atom stereocenters. The van der Waals surface area contributed by atoms with Crippen LogP contribution < -0.4 is 5.73 Å². The van der Waals surface area contributed by atoms with Gasteiger partial charge in [-0.3, -0.25) is 0 Å². The number of hydrogen-bond donors (Lipinski definition) is 1. The summed E-state index contributed by atoms with van der Waals surface area (Å²) in [7, 11) is 0. The lowest BCUT2D eigenvalue weighted by Gasteiger charge is -2.18. The van der Waals surface area contributed by atoms with E-state index in [0.717, 1.165) is 24.3 Å². The maximum Gasteiger partial charge on any atom is -0.00240 e. The molecule has 2 heteroatoms. The Kier molecular flexibility index (Phi) is 3.73. The van der Waals surface area contributed by atoms with Crippen molar-refractivity contribution in [1.82, 2.24) is 0 Å². The van der Waals surface area contributed by atoms with E-state index < -0.39 is 0 Å². The van der Waals surface area contributed by atoms with Crippen LogP contribution in [-0.4, -0.2) is 18.1 Å². The van der Waals surface area contributed by atoms with E-state index >= 15 is 0 Å². The van der Waals surface area contributed by atoms with Crippen LogP contribution in [-0.2, 0) is 0 Å². The molecule has 0 aromatic rings. The molecule has 0 bridgehead atoms. The first-order valence-electron chi connectivity index (χ1n) is 4.51. The fourth-order valence-electron chi connectivity index (χ4n) is 1.77. The Balaban J connectivity index is 2.31. The Morgan fingerprint density at radius 1 is 1.36 bits per heavy atom. The van der Waals surface area contributed by atoms with Crippen LogP contribution in [0.15, 0.2) is 0 Å². The van der Waals surface area contributed by atoms with Gasteiger partial charge >= 0.3 is 0 Å². The first-order chi connectivity index (χ1) is 5.24. The molecule has 66 valence electrons. The molecule has 1 heterocycles. The van der Waals surface area contributed by atoms with Gasteiger partial charge in [0.2, 0.25) is 0 Å². The fourth-order valence-corrected chi connectivity index (χ4v) is 3.33. The van der Waals surface area contributed by atoms with E-state index in [2.05, 4.69) is 25.6 Å². The smallest absolute Gasteiger partial charge is 0.00240 e. The molecule has 2 N–H and O–H groups in total. The van der Waals surface area contributed by atoms with Crippen molar-refractivity contribution in [3.05, 3.63) is 0 Å². The lowest BCUT2D eigenvalue weighted by molar-refractivity contribution is 0.353. The molecule has 1 aliphatic rings. The highest BCUT2D eigenvalue weighted by molar-refractivity contribution is 7.99. The minimum Gasteiger partial charge on any atom is -0.330 e. The Bertz CT molecular complexity index is 114. The number of nitrogens with two attached hydrogens (primary N) is 1. The van der Waals surface area contributed by atoms with Gasteiger partial charge in [0, 0.05) is 0 Å². The van der Waals surface area contributed by atoms with E-state index in [-0.39, 0.29) is 0 Å². The third-order valence-electron chi connectivity index (χ3n) is 2.41. The normalized spacial score (nSPS) is 31.6. The highest BCUT2D eigenvalue weighted by atomic mass is 32.2. The summed E-state index contributed by atoms with van der Waals surface area (Å²) in [6, 6.07) is 0. The second kappa shape index (κ2) is 4.36. The largest absolute Gasteiger partial charge is 0.330 e. The summed E-state index contributed by atoms with van der Waals surface area (Å²) >= 11 is 2.08. The van der Waals surface area contributed by atoms with Crippen LogP contribution in [0.2, 0.25) is 0 Å². The second-order valence-corrected chi connectivity index (χ2v) is 5.00. The monoisotopic (exact) mass is 173 g/mol. The zero-order chi connectivity index (χ0) is 8.27. The summed E-state index contributed by atoms with van der Waals surface area (Å²) in [5, 5.41) is 0. The minimum absolute atomic E-state index is 0.808. The Morgan fingerprint density at radius 2 is 2.00 bits per heavy atom. The molecule has 1 nitrogen and oxygen atoms in total. The first kappa shape index (κ1) is 9.40. The maximum atomic E-state index is 5.69. The molecule has 1 saturated heterocycles. The number of rotatable bonds is 3. The summed E-state index contributed by atoms with van der Waals surface area (Å²) in [6.45, 7) is 5.50. The van der Waals surface area contributed by atoms with Crippen LogP contribution in [0.3, 0.4) is 0 Å². The molecule has 0 aliphatic carbocycles. The number of hydrogen-bond acceptors (Lipinski definition) is 2. The third-order valence-corrected chi connectivity index (χ3v) is 3.74. The standard InChI is InChI=1S/C9H19NS/c1-7(2)3-8-5-11-6-9(8)4-10/h7-9H,3-6,10H2,1-2H3. The molecule has 1 aliphatic heterocycles. The Morgan fingerprint density at radius 3 is 2.55 bits per heavy atom. The van der Waals surface area contributed by atoms with Crippen molar-refractivity contribution in [2.75, 3.05) is 18.1 Å². The average Bonchev–Trinajstić information content (AvgIpc) is 2.34. The van der Waals surface area contributed by atoms with E-state index in [1.165, 1.54) is 17.9 Å². The summed E-state index contributed by atoms with van der Waals surface area (Å²) in [4.78, 5) is 0. The van der Waals surface area contributed by atoms with Gasteiger partial charge in [-0.15, -0.1) is 0 Å². The SMILES string of the molecule is CC(C)CC1CSCC1CN. The summed E-state index contributed by atoms with van der Waals surface area (Å²) in [5.41, 5.74) is 5.69. The van der Waals surface area contributed by atoms with Gasteiger partial charge in [-0.1, -0.05) is 13.8 Å². The summed E-state index contributed by atoms with van der Waals surface area (Å²) in [6.07, 6.45) is 1.37. The van der Waals surface area contributed by atoms with Crippen LogP contribution >= 0.6 is 11.8 Å². The second-order valence-electron chi connectivity index (χ2n) is 3.92. The van der Waals surface area contributed by atoms with Crippen molar-refractivity contribution in [2.45, 2.75) is 20.3 Å². The molecular weight excluding hydrogens is 154 g/mol. The van der Waals surface area contributed by atoms with Crippen LogP contribution in [0.1, 0.15) is 20.3 Å². The Hall–Kier alpha value is 0.310. The summed E-state index contributed by atoms with van der Waals surface area (Å²) < 4.78 is 0. The van der Waals surface area contributed by atoms with E-state index in [9.17, 15) is 0 Å². The van der Waals surface area contributed by atoms with Gasteiger partial charge in [-0.05, 0) is 42.2 Å². The topological polar surface area (TPSA) is 26.0 Å². The van der Waals surface area contributed by atoms with Crippen molar-refractivity contribution in [3.8, 4) is 0 Å². The molecular formula is C9H19NS. The highest BCUT2D eigenvalue weighted by Crippen LogP contribution is 2.33. The average molecular weight is 173 g/mol. The fraction of sp³-hybridized carbons (Fsp3) is 1.00. The molecule has 0 radical (unpaired) electrons. The van der Waals surface area contributed by atoms with Crippen LogP contribution in [0.4, 0.5) is 0 Å². The minimum atomic E-state index is 0.808. The van der Waals surface area contributed by atoms with Gasteiger partial charge < -0.3 is 5.73 Å². The zero-order valence-corrected chi connectivity index (χ0v) is 8.36. The predicted octanol–water partition coefficient (Wildman–Crippen LogP) is 1.97. The quantitative estimate of drug-likeness (QED) is 0.706. The first-order valence-corrected chi connectivity index (χ1v) is 5.67. The molecule has 11 heavy (non-hydrogen) atoms. The summed E-state index contributed by atoms with van der Waals surface area (Å²) in [5.74, 6) is 5.20.